The lowest BCUT2D eigenvalue weighted by Gasteiger charge is -2.11. The van der Waals surface area contributed by atoms with Crippen LogP contribution in [-0.4, -0.2) is 29.9 Å². The van der Waals surface area contributed by atoms with Crippen LogP contribution in [-0.2, 0) is 6.54 Å². The second-order valence-electron chi connectivity index (χ2n) is 5.82. The van der Waals surface area contributed by atoms with Gasteiger partial charge in [0.15, 0.2) is 17.3 Å². The molecule has 0 saturated carbocycles. The number of nitrogens with zero attached hydrogens (tertiary/aromatic N) is 2. The van der Waals surface area contributed by atoms with Gasteiger partial charge in [0, 0.05) is 0 Å². The molecule has 7 nitrogen and oxygen atoms in total. The maximum atomic E-state index is 12.2. The van der Waals surface area contributed by atoms with Gasteiger partial charge in [-0.1, -0.05) is 6.07 Å². The van der Waals surface area contributed by atoms with E-state index in [0.717, 1.165) is 17.0 Å². The van der Waals surface area contributed by atoms with E-state index in [4.69, 9.17) is 13.9 Å². The number of carbonyl (C=O) groups is 1. The topological polar surface area (TPSA) is 78.5 Å². The summed E-state index contributed by atoms with van der Waals surface area (Å²) in [6.45, 7) is 4.32. The molecule has 0 unspecified atom stereocenters. The molecule has 3 aromatic rings. The van der Waals surface area contributed by atoms with Gasteiger partial charge >= 0.3 is 0 Å². The molecular formula is C19H21N3O4. The van der Waals surface area contributed by atoms with Crippen molar-refractivity contribution in [2.75, 3.05) is 19.5 Å². The Morgan fingerprint density at radius 3 is 2.62 bits per heavy atom. The summed E-state index contributed by atoms with van der Waals surface area (Å²) in [4.78, 5) is 12.2. The average Bonchev–Trinajstić information content (AvgIpc) is 3.26. The minimum Gasteiger partial charge on any atom is -0.493 e. The highest BCUT2D eigenvalue weighted by Crippen LogP contribution is 2.28. The number of hydrogen-bond donors (Lipinski definition) is 1. The van der Waals surface area contributed by atoms with Gasteiger partial charge in [0.2, 0.25) is 0 Å². The van der Waals surface area contributed by atoms with Crippen molar-refractivity contribution < 1.29 is 18.7 Å². The Morgan fingerprint density at radius 1 is 1.19 bits per heavy atom. The first-order chi connectivity index (χ1) is 12.5. The molecule has 0 saturated heterocycles. The van der Waals surface area contributed by atoms with Crippen molar-refractivity contribution in [3.63, 3.8) is 0 Å². The zero-order valence-electron chi connectivity index (χ0n) is 15.2. The smallest absolute Gasteiger partial charge is 0.291 e. The number of ether oxygens (including phenoxy) is 2. The van der Waals surface area contributed by atoms with Crippen molar-refractivity contribution in [2.45, 2.75) is 20.4 Å². The van der Waals surface area contributed by atoms with Crippen LogP contribution in [0.5, 0.6) is 11.5 Å². The summed E-state index contributed by atoms with van der Waals surface area (Å²) in [6, 6.07) is 9.03. The lowest BCUT2D eigenvalue weighted by Crippen LogP contribution is -2.12. The van der Waals surface area contributed by atoms with E-state index >= 15 is 0 Å². The Hall–Kier alpha value is -3.22. The minimum atomic E-state index is -0.299. The van der Waals surface area contributed by atoms with E-state index in [1.165, 1.54) is 6.26 Å². The first kappa shape index (κ1) is 17.6. The average molecular weight is 355 g/mol. The van der Waals surface area contributed by atoms with Crippen molar-refractivity contribution in [3.05, 3.63) is 59.3 Å². The maximum Gasteiger partial charge on any atom is 0.291 e. The van der Waals surface area contributed by atoms with E-state index in [-0.39, 0.29) is 11.7 Å². The fraction of sp³-hybridized carbons (Fsp3) is 0.263. The Balaban J connectivity index is 1.83. The molecule has 0 bridgehead atoms. The number of carbonyl (C=O) groups excluding carboxylic acids is 1. The molecule has 0 aliphatic carbocycles. The van der Waals surface area contributed by atoms with Crippen LogP contribution in [0.25, 0.3) is 0 Å². The van der Waals surface area contributed by atoms with Crippen LogP contribution < -0.4 is 14.8 Å². The summed E-state index contributed by atoms with van der Waals surface area (Å²) < 4.78 is 17.6. The third-order valence-electron chi connectivity index (χ3n) is 4.15. The molecular weight excluding hydrogens is 334 g/mol. The van der Waals surface area contributed by atoms with Crippen molar-refractivity contribution in [2.24, 2.45) is 0 Å². The van der Waals surface area contributed by atoms with Crippen LogP contribution in [0, 0.1) is 13.8 Å². The summed E-state index contributed by atoms with van der Waals surface area (Å²) >= 11 is 0. The fourth-order valence-electron chi connectivity index (χ4n) is 2.77. The highest BCUT2D eigenvalue weighted by molar-refractivity contribution is 6.02. The monoisotopic (exact) mass is 355 g/mol. The molecule has 0 spiro atoms. The summed E-state index contributed by atoms with van der Waals surface area (Å²) in [7, 11) is 3.21. The van der Waals surface area contributed by atoms with Crippen LogP contribution in [0.3, 0.4) is 0 Å². The van der Waals surface area contributed by atoms with Gasteiger partial charge in [0.1, 0.15) is 0 Å². The van der Waals surface area contributed by atoms with E-state index in [1.807, 2.05) is 36.7 Å². The third kappa shape index (κ3) is 3.42. The Kier molecular flexibility index (Phi) is 4.97. The molecule has 0 atom stereocenters. The molecule has 0 fully saturated rings. The molecule has 26 heavy (non-hydrogen) atoms. The summed E-state index contributed by atoms with van der Waals surface area (Å²) in [5.74, 6) is 1.30. The SMILES string of the molecule is COc1ccc(Cn2nc(C)c(NC(=O)c3ccco3)c2C)cc1OC. The largest absolute Gasteiger partial charge is 0.493 e. The number of methoxy groups -OCH3 is 2. The highest BCUT2D eigenvalue weighted by atomic mass is 16.5. The number of benzene rings is 1. The van der Waals surface area contributed by atoms with Gasteiger partial charge < -0.3 is 19.2 Å². The van der Waals surface area contributed by atoms with Crippen molar-refractivity contribution in [1.29, 1.82) is 0 Å². The third-order valence-corrected chi connectivity index (χ3v) is 4.15. The van der Waals surface area contributed by atoms with Gasteiger partial charge in [-0.3, -0.25) is 9.48 Å². The second-order valence-corrected chi connectivity index (χ2v) is 5.82. The van der Waals surface area contributed by atoms with Gasteiger partial charge in [0.05, 0.1) is 44.1 Å². The first-order valence-electron chi connectivity index (χ1n) is 8.13. The molecule has 1 N–H and O–H groups in total. The second kappa shape index (κ2) is 7.35. The number of rotatable bonds is 6. The minimum absolute atomic E-state index is 0.261. The highest BCUT2D eigenvalue weighted by Gasteiger charge is 2.17. The van der Waals surface area contributed by atoms with Gasteiger partial charge in [-0.05, 0) is 43.7 Å². The zero-order valence-corrected chi connectivity index (χ0v) is 15.2. The summed E-state index contributed by atoms with van der Waals surface area (Å²) in [5.41, 5.74) is 3.30. The Labute approximate surface area is 151 Å². The molecule has 3 rings (SSSR count). The molecule has 1 aromatic carbocycles. The first-order valence-corrected chi connectivity index (χ1v) is 8.13. The predicted molar refractivity (Wildman–Crippen MR) is 97.0 cm³/mol. The number of anilines is 1. The zero-order chi connectivity index (χ0) is 18.7. The maximum absolute atomic E-state index is 12.2. The predicted octanol–water partition coefficient (Wildman–Crippen LogP) is 3.41. The molecule has 2 aromatic heterocycles. The van der Waals surface area contributed by atoms with E-state index in [1.54, 1.807) is 26.4 Å². The van der Waals surface area contributed by atoms with Crippen molar-refractivity contribution in [1.82, 2.24) is 9.78 Å². The molecule has 7 heteroatoms. The fourth-order valence-corrected chi connectivity index (χ4v) is 2.77. The van der Waals surface area contributed by atoms with Gasteiger partial charge in [0.25, 0.3) is 5.91 Å². The van der Waals surface area contributed by atoms with Crippen LogP contribution in [0.1, 0.15) is 27.5 Å². The van der Waals surface area contributed by atoms with Crippen molar-refractivity contribution >= 4 is 11.6 Å². The van der Waals surface area contributed by atoms with Crippen LogP contribution in [0.15, 0.2) is 41.0 Å². The number of aryl methyl sites for hydroxylation is 1. The lowest BCUT2D eigenvalue weighted by atomic mass is 10.2. The number of amides is 1. The molecule has 2 heterocycles. The van der Waals surface area contributed by atoms with E-state index in [2.05, 4.69) is 10.4 Å². The Morgan fingerprint density at radius 2 is 1.96 bits per heavy atom. The van der Waals surface area contributed by atoms with Crippen molar-refractivity contribution in [3.8, 4) is 11.5 Å². The van der Waals surface area contributed by atoms with Crippen LogP contribution >= 0.6 is 0 Å². The van der Waals surface area contributed by atoms with Crippen LogP contribution in [0.4, 0.5) is 5.69 Å². The number of furan rings is 1. The van der Waals surface area contributed by atoms with E-state index < -0.39 is 0 Å². The van der Waals surface area contributed by atoms with Gasteiger partial charge in [-0.2, -0.15) is 5.10 Å². The molecule has 136 valence electrons. The summed E-state index contributed by atoms with van der Waals surface area (Å²) in [6.07, 6.45) is 1.47. The van der Waals surface area contributed by atoms with E-state index in [9.17, 15) is 4.79 Å². The Bertz CT molecular complexity index is 913. The number of nitrogens with one attached hydrogen (secondary N) is 1. The molecule has 0 aliphatic rings. The molecule has 0 radical (unpaired) electrons. The molecule has 1 amide bonds. The van der Waals surface area contributed by atoms with Gasteiger partial charge in [-0.15, -0.1) is 0 Å². The van der Waals surface area contributed by atoms with E-state index in [0.29, 0.717) is 23.7 Å². The number of hydrogen-bond acceptors (Lipinski definition) is 5. The quantitative estimate of drug-likeness (QED) is 0.733. The van der Waals surface area contributed by atoms with Gasteiger partial charge in [-0.25, -0.2) is 0 Å². The normalized spacial score (nSPS) is 10.6. The summed E-state index contributed by atoms with van der Waals surface area (Å²) in [5, 5.41) is 7.40. The van der Waals surface area contributed by atoms with Crippen LogP contribution in [0.2, 0.25) is 0 Å². The molecule has 0 aliphatic heterocycles. The lowest BCUT2D eigenvalue weighted by molar-refractivity contribution is 0.0996. The number of aromatic nitrogens is 2. The standard InChI is InChI=1S/C19H21N3O4/c1-12-18(20-19(23)16-6-5-9-26-16)13(2)22(21-12)11-14-7-8-15(24-3)17(10-14)25-4/h5-10H,11H2,1-4H3,(H,20,23).